The van der Waals surface area contributed by atoms with E-state index < -0.39 is 0 Å². The van der Waals surface area contributed by atoms with Crippen LogP contribution in [0.1, 0.15) is 22.3 Å². The van der Waals surface area contributed by atoms with Gasteiger partial charge in [0.25, 0.3) is 0 Å². The number of piperazine rings is 1. The number of rotatable bonds is 6. The molecule has 0 aromatic heterocycles. The molecule has 1 aliphatic heterocycles. The maximum Gasteiger partial charge on any atom is 0.164 e. The van der Waals surface area contributed by atoms with Crippen LogP contribution in [0.4, 0.5) is 5.69 Å². The molecule has 0 unspecified atom stereocenters. The normalized spacial score (nSPS) is 15.2. The van der Waals surface area contributed by atoms with Gasteiger partial charge in [-0.15, -0.1) is 0 Å². The third-order valence-corrected chi connectivity index (χ3v) is 4.90. The van der Waals surface area contributed by atoms with Crippen molar-refractivity contribution in [1.29, 1.82) is 0 Å². The second-order valence-corrected chi connectivity index (χ2v) is 6.49. The summed E-state index contributed by atoms with van der Waals surface area (Å²) >= 11 is 0. The first-order chi connectivity index (χ1) is 12.2. The highest BCUT2D eigenvalue weighted by molar-refractivity contribution is 5.97. The lowest BCUT2D eigenvalue weighted by atomic mass is 10.0. The molecule has 1 saturated heterocycles. The number of Topliss-reactive ketones (excluding diaryl/α,β-unsaturated/α-hetero) is 1. The molecule has 4 nitrogen and oxygen atoms in total. The van der Waals surface area contributed by atoms with Crippen LogP contribution in [0.5, 0.6) is 5.75 Å². The minimum absolute atomic E-state index is 0.241. The number of ether oxygens (including phenoxy) is 1. The number of hydrogen-bond donors (Lipinski definition) is 0. The number of hydrogen-bond acceptors (Lipinski definition) is 4. The van der Waals surface area contributed by atoms with Crippen molar-refractivity contribution in [2.75, 3.05) is 44.7 Å². The van der Waals surface area contributed by atoms with Crippen LogP contribution in [0, 0.1) is 6.92 Å². The highest BCUT2D eigenvalue weighted by atomic mass is 16.5. The zero-order valence-electron chi connectivity index (χ0n) is 15.1. The van der Waals surface area contributed by atoms with Crippen LogP contribution in [-0.2, 0) is 0 Å². The van der Waals surface area contributed by atoms with Gasteiger partial charge < -0.3 is 9.64 Å². The first-order valence-corrected chi connectivity index (χ1v) is 8.88. The lowest BCUT2D eigenvalue weighted by Crippen LogP contribution is -2.47. The Bertz CT molecular complexity index is 721. The number of benzene rings is 2. The predicted octanol–water partition coefficient (Wildman–Crippen LogP) is 3.40. The van der Waals surface area contributed by atoms with E-state index in [1.807, 2.05) is 49.4 Å². The van der Waals surface area contributed by atoms with Gasteiger partial charge in [0.1, 0.15) is 5.75 Å². The molecular weight excluding hydrogens is 312 g/mol. The number of nitrogens with zero attached hydrogens (tertiary/aromatic N) is 2. The molecule has 0 N–H and O–H groups in total. The molecule has 0 radical (unpaired) electrons. The molecule has 0 atom stereocenters. The number of ketones is 1. The first kappa shape index (κ1) is 17.5. The molecule has 3 rings (SSSR count). The molecule has 2 aromatic carbocycles. The zero-order chi connectivity index (χ0) is 17.6. The Morgan fingerprint density at radius 3 is 2.40 bits per heavy atom. The van der Waals surface area contributed by atoms with Gasteiger partial charge >= 0.3 is 0 Å². The van der Waals surface area contributed by atoms with Crippen LogP contribution >= 0.6 is 0 Å². The smallest absolute Gasteiger partial charge is 0.164 e. The predicted molar refractivity (Wildman–Crippen MR) is 102 cm³/mol. The molecule has 4 heteroatoms. The van der Waals surface area contributed by atoms with Crippen molar-refractivity contribution in [2.45, 2.75) is 13.3 Å². The van der Waals surface area contributed by atoms with Gasteiger partial charge in [-0.1, -0.05) is 36.4 Å². The van der Waals surface area contributed by atoms with E-state index in [9.17, 15) is 4.79 Å². The molecule has 132 valence electrons. The topological polar surface area (TPSA) is 32.8 Å². The van der Waals surface area contributed by atoms with Gasteiger partial charge in [0.2, 0.25) is 0 Å². The molecule has 25 heavy (non-hydrogen) atoms. The highest BCUT2D eigenvalue weighted by Crippen LogP contribution is 2.28. The summed E-state index contributed by atoms with van der Waals surface area (Å²) < 4.78 is 5.46. The quantitative estimate of drug-likeness (QED) is 0.756. The zero-order valence-corrected chi connectivity index (χ0v) is 15.1. The van der Waals surface area contributed by atoms with Crippen molar-refractivity contribution < 1.29 is 9.53 Å². The van der Waals surface area contributed by atoms with E-state index in [4.69, 9.17) is 4.74 Å². The largest absolute Gasteiger partial charge is 0.495 e. The van der Waals surface area contributed by atoms with Crippen LogP contribution in [0.15, 0.2) is 48.5 Å². The average molecular weight is 338 g/mol. The Hall–Kier alpha value is -2.33. The number of aryl methyl sites for hydroxylation is 1. The summed E-state index contributed by atoms with van der Waals surface area (Å²) in [6.45, 7) is 6.68. The van der Waals surface area contributed by atoms with Gasteiger partial charge in [-0.25, -0.2) is 0 Å². The van der Waals surface area contributed by atoms with Crippen molar-refractivity contribution in [3.63, 3.8) is 0 Å². The Labute approximate surface area is 150 Å². The lowest BCUT2D eigenvalue weighted by molar-refractivity contribution is 0.0962. The van der Waals surface area contributed by atoms with Crippen molar-refractivity contribution in [1.82, 2.24) is 4.90 Å². The van der Waals surface area contributed by atoms with E-state index in [1.165, 1.54) is 0 Å². The van der Waals surface area contributed by atoms with Crippen LogP contribution < -0.4 is 9.64 Å². The van der Waals surface area contributed by atoms with E-state index in [2.05, 4.69) is 15.9 Å². The van der Waals surface area contributed by atoms with Crippen molar-refractivity contribution in [3.05, 3.63) is 59.7 Å². The number of anilines is 1. The van der Waals surface area contributed by atoms with Crippen molar-refractivity contribution in [3.8, 4) is 5.75 Å². The highest BCUT2D eigenvalue weighted by Gasteiger charge is 2.20. The molecule has 0 aliphatic carbocycles. The van der Waals surface area contributed by atoms with Crippen LogP contribution in [-0.4, -0.2) is 50.5 Å². The Balaban J connectivity index is 1.51. The van der Waals surface area contributed by atoms with Crippen LogP contribution in [0.3, 0.4) is 0 Å². The summed E-state index contributed by atoms with van der Waals surface area (Å²) in [6.07, 6.45) is 0.583. The monoisotopic (exact) mass is 338 g/mol. The molecule has 0 saturated carbocycles. The summed E-state index contributed by atoms with van der Waals surface area (Å²) in [5.74, 6) is 1.16. The van der Waals surface area contributed by atoms with Crippen molar-refractivity contribution in [2.24, 2.45) is 0 Å². The Morgan fingerprint density at radius 1 is 1.00 bits per heavy atom. The molecule has 1 aliphatic rings. The van der Waals surface area contributed by atoms with E-state index in [0.29, 0.717) is 6.42 Å². The lowest BCUT2D eigenvalue weighted by Gasteiger charge is -2.36. The third-order valence-electron chi connectivity index (χ3n) is 4.90. The van der Waals surface area contributed by atoms with Gasteiger partial charge in [0.15, 0.2) is 5.78 Å². The maximum atomic E-state index is 12.4. The van der Waals surface area contributed by atoms with Gasteiger partial charge in [-0.2, -0.15) is 0 Å². The Kier molecular flexibility index (Phi) is 5.71. The number of carbonyl (C=O) groups excluding carboxylic acids is 1. The van der Waals surface area contributed by atoms with Crippen LogP contribution in [0.2, 0.25) is 0 Å². The second-order valence-electron chi connectivity index (χ2n) is 6.49. The van der Waals surface area contributed by atoms with E-state index in [0.717, 1.165) is 55.3 Å². The molecule has 2 aromatic rings. The molecule has 0 spiro atoms. The van der Waals surface area contributed by atoms with E-state index in [-0.39, 0.29) is 5.78 Å². The van der Waals surface area contributed by atoms with Crippen molar-refractivity contribution >= 4 is 11.5 Å². The molecule has 1 fully saturated rings. The fourth-order valence-electron chi connectivity index (χ4n) is 3.38. The molecule has 0 amide bonds. The molecule has 1 heterocycles. The average Bonchev–Trinajstić information content (AvgIpc) is 2.67. The molecular formula is C21H26N2O2. The standard InChI is InChI=1S/C21H26N2O2/c1-17-7-3-4-8-18(17)20(24)11-12-22-13-15-23(16-14-22)19-9-5-6-10-21(19)25-2/h3-10H,11-16H2,1-2H3. The van der Waals surface area contributed by atoms with Gasteiger partial charge in [-0.3, -0.25) is 9.69 Å². The third kappa shape index (κ3) is 4.20. The van der Waals surface area contributed by atoms with Gasteiger partial charge in [0.05, 0.1) is 12.8 Å². The number of para-hydroxylation sites is 2. The SMILES string of the molecule is COc1ccccc1N1CCN(CCC(=O)c2ccccc2C)CC1. The minimum Gasteiger partial charge on any atom is -0.495 e. The molecule has 0 bridgehead atoms. The summed E-state index contributed by atoms with van der Waals surface area (Å²) in [4.78, 5) is 17.2. The summed E-state index contributed by atoms with van der Waals surface area (Å²) in [6, 6.07) is 16.0. The van der Waals surface area contributed by atoms with Crippen LogP contribution in [0.25, 0.3) is 0 Å². The first-order valence-electron chi connectivity index (χ1n) is 8.88. The summed E-state index contributed by atoms with van der Waals surface area (Å²) in [7, 11) is 1.71. The number of methoxy groups -OCH3 is 1. The Morgan fingerprint density at radius 2 is 1.68 bits per heavy atom. The fraction of sp³-hybridized carbons (Fsp3) is 0.381. The number of carbonyl (C=O) groups is 1. The van der Waals surface area contributed by atoms with E-state index >= 15 is 0 Å². The van der Waals surface area contributed by atoms with Gasteiger partial charge in [-0.05, 0) is 24.6 Å². The summed E-state index contributed by atoms with van der Waals surface area (Å²) in [5.41, 5.74) is 3.07. The summed E-state index contributed by atoms with van der Waals surface area (Å²) in [5, 5.41) is 0. The van der Waals surface area contributed by atoms with E-state index in [1.54, 1.807) is 7.11 Å². The fourth-order valence-corrected chi connectivity index (χ4v) is 3.38. The van der Waals surface area contributed by atoms with Gasteiger partial charge in [0, 0.05) is 44.7 Å². The second kappa shape index (κ2) is 8.17. The maximum absolute atomic E-state index is 12.4. The minimum atomic E-state index is 0.241.